The van der Waals surface area contributed by atoms with E-state index in [2.05, 4.69) is 204 Å². The van der Waals surface area contributed by atoms with Gasteiger partial charge >= 0.3 is 0 Å². The highest BCUT2D eigenvalue weighted by Crippen LogP contribution is 2.64. The van der Waals surface area contributed by atoms with E-state index in [1.165, 1.54) is 88.0 Å². The van der Waals surface area contributed by atoms with Crippen molar-refractivity contribution in [2.75, 3.05) is 9.80 Å². The van der Waals surface area contributed by atoms with E-state index in [-0.39, 0.29) is 27.6 Å². The molecule has 0 aliphatic carbocycles. The van der Waals surface area contributed by atoms with E-state index < -0.39 is 0 Å². The van der Waals surface area contributed by atoms with Crippen LogP contribution in [0.2, 0.25) is 0 Å². The Morgan fingerprint density at radius 3 is 1.45 bits per heavy atom. The van der Waals surface area contributed by atoms with Crippen molar-refractivity contribution in [3.05, 3.63) is 141 Å². The van der Waals surface area contributed by atoms with Crippen LogP contribution in [0.4, 0.5) is 34.1 Å². The van der Waals surface area contributed by atoms with E-state index in [4.69, 9.17) is 0 Å². The van der Waals surface area contributed by atoms with Crippen LogP contribution in [0.1, 0.15) is 153 Å². The lowest BCUT2D eigenvalue weighted by atomic mass is 9.75. The maximum atomic E-state index is 2.63. The van der Waals surface area contributed by atoms with Crippen molar-refractivity contribution in [1.29, 1.82) is 0 Å². The molecule has 284 valence electrons. The highest BCUT2D eigenvalue weighted by atomic mass is 32.1. The Labute approximate surface area is 335 Å². The van der Waals surface area contributed by atoms with Crippen LogP contribution in [0.15, 0.2) is 97.1 Å². The van der Waals surface area contributed by atoms with Gasteiger partial charge < -0.3 is 9.80 Å². The number of hydrogen-bond acceptors (Lipinski definition) is 3. The molecule has 3 heteroatoms. The molecule has 6 aromatic rings. The molecule has 5 aromatic carbocycles. The molecule has 0 spiro atoms. The van der Waals surface area contributed by atoms with Gasteiger partial charge in [-0.15, -0.1) is 11.3 Å². The fourth-order valence-electron chi connectivity index (χ4n) is 8.54. The van der Waals surface area contributed by atoms with Gasteiger partial charge in [-0.1, -0.05) is 139 Å². The monoisotopic (exact) mass is 744 g/mol. The third kappa shape index (κ3) is 6.31. The Bertz CT molecular complexity index is 2430. The summed E-state index contributed by atoms with van der Waals surface area (Å²) >= 11 is 1.99. The minimum absolute atomic E-state index is 0.0128. The minimum atomic E-state index is 0.0128. The summed E-state index contributed by atoms with van der Waals surface area (Å²) in [6.07, 6.45) is 0. The van der Waals surface area contributed by atoms with Gasteiger partial charge in [-0.2, -0.15) is 0 Å². The number of rotatable bonds is 3. The van der Waals surface area contributed by atoms with Gasteiger partial charge in [-0.25, -0.2) is 0 Å². The first kappa shape index (κ1) is 37.6. The van der Waals surface area contributed by atoms with Crippen LogP contribution in [0.5, 0.6) is 0 Å². The van der Waals surface area contributed by atoms with Crippen molar-refractivity contribution in [2.45, 2.75) is 130 Å². The van der Waals surface area contributed by atoms with Crippen molar-refractivity contribution in [2.24, 2.45) is 0 Å². The highest BCUT2D eigenvalue weighted by Gasteiger charge is 2.44. The number of nitrogens with zero attached hydrogens (tertiary/aromatic N) is 2. The summed E-state index contributed by atoms with van der Waals surface area (Å²) in [5.74, 6) is 0.456. The average Bonchev–Trinajstić information content (AvgIpc) is 3.48. The lowest BCUT2D eigenvalue weighted by Crippen LogP contribution is -2.29. The Balaban J connectivity index is 1.50. The number of anilines is 6. The normalized spacial score (nSPS) is 15.7. The van der Waals surface area contributed by atoms with Gasteiger partial charge in [-0.3, -0.25) is 0 Å². The molecule has 8 rings (SSSR count). The number of thiophene rings is 1. The molecule has 0 fully saturated rings. The van der Waals surface area contributed by atoms with Crippen molar-refractivity contribution in [1.82, 2.24) is 0 Å². The van der Waals surface area contributed by atoms with Crippen molar-refractivity contribution >= 4 is 55.5 Å². The van der Waals surface area contributed by atoms with E-state index >= 15 is 0 Å². The van der Waals surface area contributed by atoms with Gasteiger partial charge in [0.15, 0.2) is 0 Å². The second-order valence-electron chi connectivity index (χ2n) is 20.6. The van der Waals surface area contributed by atoms with Crippen molar-refractivity contribution in [3.8, 4) is 0 Å². The summed E-state index contributed by atoms with van der Waals surface area (Å²) in [6.45, 7) is 32.5. The first-order valence-corrected chi connectivity index (χ1v) is 21.1. The lowest BCUT2D eigenvalue weighted by Gasteiger charge is -2.45. The largest absolute Gasteiger partial charge is 0.310 e. The van der Waals surface area contributed by atoms with E-state index in [1.54, 1.807) is 0 Å². The zero-order chi connectivity index (χ0) is 39.6. The van der Waals surface area contributed by atoms with Crippen LogP contribution in [0.25, 0.3) is 10.1 Å². The fourth-order valence-corrected chi connectivity index (χ4v) is 9.84. The van der Waals surface area contributed by atoms with Gasteiger partial charge in [0, 0.05) is 31.9 Å². The van der Waals surface area contributed by atoms with E-state index in [0.717, 1.165) is 0 Å². The Morgan fingerprint density at radius 1 is 0.491 bits per heavy atom. The maximum Gasteiger partial charge on any atom is 0.0689 e. The Hall–Kier alpha value is -4.34. The Morgan fingerprint density at radius 2 is 0.945 bits per heavy atom. The summed E-state index contributed by atoms with van der Waals surface area (Å²) in [6, 6.07) is 38.4. The second-order valence-corrected chi connectivity index (χ2v) is 21.7. The van der Waals surface area contributed by atoms with Gasteiger partial charge in [0.1, 0.15) is 0 Å². The smallest absolute Gasteiger partial charge is 0.0689 e. The second kappa shape index (κ2) is 12.6. The van der Waals surface area contributed by atoms with Crippen LogP contribution < -0.4 is 9.80 Å². The topological polar surface area (TPSA) is 6.48 Å². The van der Waals surface area contributed by atoms with E-state index in [1.807, 2.05) is 11.3 Å². The molecule has 1 unspecified atom stereocenters. The lowest BCUT2D eigenvalue weighted by molar-refractivity contribution is 0.589. The first-order valence-electron chi connectivity index (χ1n) is 20.3. The molecular weight excluding hydrogens is 685 g/mol. The maximum absolute atomic E-state index is 2.63. The predicted octanol–water partition coefficient (Wildman–Crippen LogP) is 16.0. The number of hydrogen-bond donors (Lipinski definition) is 0. The quantitative estimate of drug-likeness (QED) is 0.178. The third-order valence-electron chi connectivity index (χ3n) is 12.1. The van der Waals surface area contributed by atoms with Crippen LogP contribution in [0.3, 0.4) is 0 Å². The molecular formula is C52H60N2S. The molecule has 1 atom stereocenters. The highest BCUT2D eigenvalue weighted by molar-refractivity contribution is 7.20. The number of fused-ring (bicyclic) bond motifs is 6. The van der Waals surface area contributed by atoms with Crippen LogP contribution in [-0.2, 0) is 21.7 Å². The molecule has 2 aliphatic rings. The summed E-state index contributed by atoms with van der Waals surface area (Å²) in [4.78, 5) is 6.64. The van der Waals surface area contributed by atoms with Crippen LogP contribution in [-0.4, -0.2) is 0 Å². The molecule has 0 N–H and O–H groups in total. The summed E-state index contributed by atoms with van der Waals surface area (Å²) < 4.78 is 1.35. The van der Waals surface area contributed by atoms with Crippen LogP contribution in [0, 0.1) is 0 Å². The molecule has 0 saturated heterocycles. The molecule has 55 heavy (non-hydrogen) atoms. The van der Waals surface area contributed by atoms with E-state index in [9.17, 15) is 0 Å². The van der Waals surface area contributed by atoms with E-state index in [0.29, 0.717) is 5.92 Å². The average molecular weight is 745 g/mol. The van der Waals surface area contributed by atoms with Gasteiger partial charge in [0.25, 0.3) is 0 Å². The zero-order valence-corrected chi connectivity index (χ0v) is 36.5. The number of benzene rings is 5. The first-order chi connectivity index (χ1) is 25.6. The minimum Gasteiger partial charge on any atom is -0.310 e. The van der Waals surface area contributed by atoms with Gasteiger partial charge in [0.05, 0.1) is 28.7 Å². The third-order valence-corrected chi connectivity index (χ3v) is 13.3. The molecule has 0 radical (unpaired) electrons. The fraction of sp³-hybridized carbons (Fsp3) is 0.385. The molecule has 1 aromatic heterocycles. The van der Waals surface area contributed by atoms with Crippen LogP contribution >= 0.6 is 11.3 Å². The van der Waals surface area contributed by atoms with Crippen molar-refractivity contribution < 1.29 is 0 Å². The van der Waals surface area contributed by atoms with Gasteiger partial charge in [0.2, 0.25) is 0 Å². The SMILES string of the molecule is CC(C)c1cc2c3c(c1)N(c1ccc(C(C)(C)C)cc1)c1c(sc4ccc(C(C)(C)C)cc14)C3c1cc(C(C)(C)C)ccc1N2c1ccc(C(C)(C)C)cc1. The molecule has 0 amide bonds. The zero-order valence-electron chi connectivity index (χ0n) is 35.7. The van der Waals surface area contributed by atoms with Gasteiger partial charge in [-0.05, 0) is 116 Å². The molecule has 0 saturated carbocycles. The molecule has 2 aliphatic heterocycles. The predicted molar refractivity (Wildman–Crippen MR) is 241 cm³/mol. The standard InChI is InChI=1S/C52H60N2S/c1-31(2)32-27-42-46-43(28-32)54(38-23-17-34(18-24-38)50(6,7)8)47-40-30-36(52(12,13)14)20-26-44(40)55-48(47)45(46)39-29-35(51(9,10)11)19-25-41(39)53(42)37-21-15-33(16-22-37)49(3,4)5/h15-31,45H,1-14H3. The summed E-state index contributed by atoms with van der Waals surface area (Å²) in [5, 5.41) is 1.35. The molecule has 0 bridgehead atoms. The summed E-state index contributed by atoms with van der Waals surface area (Å²) in [5.41, 5.74) is 17.4. The molecule has 3 heterocycles. The Kier molecular flexibility index (Phi) is 8.60. The summed E-state index contributed by atoms with van der Waals surface area (Å²) in [7, 11) is 0. The van der Waals surface area contributed by atoms with Crippen molar-refractivity contribution in [3.63, 3.8) is 0 Å². The molecule has 2 nitrogen and oxygen atoms in total.